The van der Waals surface area contributed by atoms with Gasteiger partial charge < -0.3 is 5.11 Å². The molecule has 1 aromatic carbocycles. The van der Waals surface area contributed by atoms with Gasteiger partial charge in [0.1, 0.15) is 11.6 Å². The zero-order valence-corrected chi connectivity index (χ0v) is 12.5. The van der Waals surface area contributed by atoms with E-state index in [-0.39, 0.29) is 23.3 Å². The molecular formula is C17H24F2O. The van der Waals surface area contributed by atoms with E-state index in [1.165, 1.54) is 18.2 Å². The van der Waals surface area contributed by atoms with Crippen molar-refractivity contribution in [2.75, 3.05) is 0 Å². The summed E-state index contributed by atoms with van der Waals surface area (Å²) in [6.07, 6.45) is 2.38. The van der Waals surface area contributed by atoms with Crippen LogP contribution in [0.5, 0.6) is 0 Å². The highest BCUT2D eigenvalue weighted by Gasteiger charge is 2.35. The number of rotatable bonds is 2. The maximum Gasteiger partial charge on any atom is 0.129 e. The first kappa shape index (κ1) is 15.4. The molecular weight excluding hydrogens is 258 g/mol. The first-order valence-electron chi connectivity index (χ1n) is 7.40. The fourth-order valence-electron chi connectivity index (χ4n) is 3.24. The molecule has 112 valence electrons. The average Bonchev–Trinajstić information content (AvgIpc) is 2.34. The van der Waals surface area contributed by atoms with E-state index < -0.39 is 17.7 Å². The lowest BCUT2D eigenvalue weighted by molar-refractivity contribution is 0.0190. The van der Waals surface area contributed by atoms with Gasteiger partial charge in [-0.1, -0.05) is 26.8 Å². The summed E-state index contributed by atoms with van der Waals surface area (Å²) < 4.78 is 27.5. The monoisotopic (exact) mass is 282 g/mol. The van der Waals surface area contributed by atoms with Crippen LogP contribution in [-0.2, 0) is 6.42 Å². The summed E-state index contributed by atoms with van der Waals surface area (Å²) >= 11 is 0. The van der Waals surface area contributed by atoms with E-state index in [1.54, 1.807) is 0 Å². The van der Waals surface area contributed by atoms with Crippen LogP contribution in [0.15, 0.2) is 18.2 Å². The quantitative estimate of drug-likeness (QED) is 0.856. The van der Waals surface area contributed by atoms with Crippen molar-refractivity contribution < 1.29 is 13.9 Å². The Morgan fingerprint density at radius 3 is 2.30 bits per heavy atom. The van der Waals surface area contributed by atoms with Crippen molar-refractivity contribution in [3.05, 3.63) is 35.4 Å². The van der Waals surface area contributed by atoms with Crippen molar-refractivity contribution in [2.45, 2.75) is 52.6 Å². The highest BCUT2D eigenvalue weighted by Crippen LogP contribution is 2.41. The first-order valence-corrected chi connectivity index (χ1v) is 7.40. The van der Waals surface area contributed by atoms with Gasteiger partial charge in [-0.25, -0.2) is 8.78 Å². The molecule has 1 nitrogen and oxygen atoms in total. The largest absolute Gasteiger partial charge is 0.393 e. The molecule has 1 N–H and O–H groups in total. The van der Waals surface area contributed by atoms with Crippen molar-refractivity contribution in [2.24, 2.45) is 17.3 Å². The SMILES string of the molecule is CC(C)(C)C1CCC(O)C(Cc2c(F)cccc2F)C1. The molecule has 0 aromatic heterocycles. The lowest BCUT2D eigenvalue weighted by atomic mass is 9.67. The summed E-state index contributed by atoms with van der Waals surface area (Å²) in [5, 5.41) is 10.2. The van der Waals surface area contributed by atoms with Crippen LogP contribution in [0.2, 0.25) is 0 Å². The van der Waals surface area contributed by atoms with Crippen LogP contribution in [0.1, 0.15) is 45.6 Å². The van der Waals surface area contributed by atoms with Gasteiger partial charge in [0.05, 0.1) is 6.10 Å². The Labute approximate surface area is 120 Å². The standard InChI is InChI=1S/C17H24F2O/c1-17(2,3)12-7-8-16(20)11(9-12)10-13-14(18)5-4-6-15(13)19/h4-6,11-12,16,20H,7-10H2,1-3H3. The molecule has 2 rings (SSSR count). The van der Waals surface area contributed by atoms with E-state index in [1.807, 2.05) is 0 Å². The molecule has 0 bridgehead atoms. The molecule has 1 aliphatic carbocycles. The van der Waals surface area contributed by atoms with Gasteiger partial charge in [0.25, 0.3) is 0 Å². The van der Waals surface area contributed by atoms with Gasteiger partial charge in [-0.05, 0) is 55.1 Å². The van der Waals surface area contributed by atoms with Crippen molar-refractivity contribution in [1.29, 1.82) is 0 Å². The van der Waals surface area contributed by atoms with Crippen molar-refractivity contribution in [1.82, 2.24) is 0 Å². The molecule has 1 aromatic rings. The molecule has 0 heterocycles. The van der Waals surface area contributed by atoms with Crippen LogP contribution >= 0.6 is 0 Å². The fourth-order valence-corrected chi connectivity index (χ4v) is 3.24. The second kappa shape index (κ2) is 5.80. The number of aliphatic hydroxyl groups excluding tert-OH is 1. The van der Waals surface area contributed by atoms with Crippen LogP contribution in [0.3, 0.4) is 0 Å². The predicted octanol–water partition coefficient (Wildman–Crippen LogP) is 4.33. The highest BCUT2D eigenvalue weighted by molar-refractivity contribution is 5.20. The van der Waals surface area contributed by atoms with Gasteiger partial charge in [-0.2, -0.15) is 0 Å². The fraction of sp³-hybridized carbons (Fsp3) is 0.647. The summed E-state index contributed by atoms with van der Waals surface area (Å²) in [5.41, 5.74) is 0.290. The number of hydrogen-bond acceptors (Lipinski definition) is 1. The summed E-state index contributed by atoms with van der Waals surface area (Å²) in [4.78, 5) is 0. The summed E-state index contributed by atoms with van der Waals surface area (Å²) in [6, 6.07) is 3.95. The molecule has 3 unspecified atom stereocenters. The molecule has 1 aliphatic rings. The minimum atomic E-state index is -0.505. The molecule has 1 fully saturated rings. The molecule has 3 heteroatoms. The molecule has 0 amide bonds. The van der Waals surface area contributed by atoms with Gasteiger partial charge in [0, 0.05) is 5.56 Å². The number of hydrogen-bond donors (Lipinski definition) is 1. The van der Waals surface area contributed by atoms with Crippen LogP contribution < -0.4 is 0 Å². The second-order valence-corrected chi connectivity index (χ2v) is 7.11. The molecule has 0 spiro atoms. The van der Waals surface area contributed by atoms with Gasteiger partial charge in [0.2, 0.25) is 0 Å². The van der Waals surface area contributed by atoms with Gasteiger partial charge >= 0.3 is 0 Å². The maximum absolute atomic E-state index is 13.7. The Hall–Kier alpha value is -0.960. The number of halogens is 2. The normalized spacial score (nSPS) is 27.6. The number of aliphatic hydroxyl groups is 1. The molecule has 0 saturated heterocycles. The van der Waals surface area contributed by atoms with E-state index in [9.17, 15) is 13.9 Å². The smallest absolute Gasteiger partial charge is 0.129 e. The molecule has 0 aliphatic heterocycles. The first-order chi connectivity index (χ1) is 9.29. The van der Waals surface area contributed by atoms with E-state index in [0.717, 1.165) is 19.3 Å². The summed E-state index contributed by atoms with van der Waals surface area (Å²) in [5.74, 6) is -0.574. The van der Waals surface area contributed by atoms with Gasteiger partial charge in [0.15, 0.2) is 0 Å². The van der Waals surface area contributed by atoms with Gasteiger partial charge in [-0.15, -0.1) is 0 Å². The van der Waals surface area contributed by atoms with E-state index in [4.69, 9.17) is 0 Å². The highest BCUT2D eigenvalue weighted by atomic mass is 19.1. The summed E-state index contributed by atoms with van der Waals surface area (Å²) in [6.45, 7) is 6.57. The van der Waals surface area contributed by atoms with Crippen LogP contribution in [0, 0.1) is 28.9 Å². The zero-order chi connectivity index (χ0) is 14.9. The molecule has 3 atom stereocenters. The van der Waals surface area contributed by atoms with Gasteiger partial charge in [-0.3, -0.25) is 0 Å². The minimum absolute atomic E-state index is 0.0561. The third-order valence-corrected chi connectivity index (χ3v) is 4.70. The average molecular weight is 282 g/mol. The Kier molecular flexibility index (Phi) is 4.48. The Morgan fingerprint density at radius 2 is 1.75 bits per heavy atom. The van der Waals surface area contributed by atoms with Crippen LogP contribution in [0.25, 0.3) is 0 Å². The zero-order valence-electron chi connectivity index (χ0n) is 12.5. The Bertz CT molecular complexity index is 444. The van der Waals surface area contributed by atoms with E-state index in [0.29, 0.717) is 5.92 Å². The lowest BCUT2D eigenvalue weighted by Gasteiger charge is -2.40. The van der Waals surface area contributed by atoms with Crippen LogP contribution in [0.4, 0.5) is 8.78 Å². The molecule has 0 radical (unpaired) electrons. The Morgan fingerprint density at radius 1 is 1.15 bits per heavy atom. The molecule has 1 saturated carbocycles. The lowest BCUT2D eigenvalue weighted by Crippen LogP contribution is -2.36. The van der Waals surface area contributed by atoms with Crippen molar-refractivity contribution in [3.63, 3.8) is 0 Å². The Balaban J connectivity index is 2.15. The minimum Gasteiger partial charge on any atom is -0.393 e. The third-order valence-electron chi connectivity index (χ3n) is 4.70. The maximum atomic E-state index is 13.7. The topological polar surface area (TPSA) is 20.2 Å². The second-order valence-electron chi connectivity index (χ2n) is 7.11. The predicted molar refractivity (Wildman–Crippen MR) is 76.4 cm³/mol. The van der Waals surface area contributed by atoms with Crippen molar-refractivity contribution >= 4 is 0 Å². The molecule has 20 heavy (non-hydrogen) atoms. The third kappa shape index (κ3) is 3.38. The van der Waals surface area contributed by atoms with E-state index >= 15 is 0 Å². The van der Waals surface area contributed by atoms with Crippen molar-refractivity contribution in [3.8, 4) is 0 Å². The van der Waals surface area contributed by atoms with E-state index in [2.05, 4.69) is 20.8 Å². The van der Waals surface area contributed by atoms with Crippen LogP contribution in [-0.4, -0.2) is 11.2 Å². The summed E-state index contributed by atoms with van der Waals surface area (Å²) in [7, 11) is 0. The number of benzene rings is 1.